The molecule has 0 heterocycles. The molecule has 0 aromatic carbocycles. The second kappa shape index (κ2) is 1.60. The smallest absolute Gasteiger partial charge is 0.0241 e. The van der Waals surface area contributed by atoms with Crippen LogP contribution in [0.1, 0.15) is 34.1 Å². The molecule has 2 saturated carbocycles. The van der Waals surface area contributed by atoms with Crippen molar-refractivity contribution in [1.29, 1.82) is 0 Å². The number of rotatable bonds is 0. The molecule has 5 atom stereocenters. The molecule has 0 N–H and O–H groups in total. The van der Waals surface area contributed by atoms with Crippen LogP contribution >= 0.6 is 0 Å². The van der Waals surface area contributed by atoms with Gasteiger partial charge in [-0.15, -0.1) is 0 Å². The molecule has 58 valence electrons. The molecule has 0 bridgehead atoms. The van der Waals surface area contributed by atoms with Crippen molar-refractivity contribution in [2.24, 2.45) is 29.1 Å². The number of fused-ring (bicyclic) bond motifs is 1. The summed E-state index contributed by atoms with van der Waals surface area (Å²) in [6.07, 6.45) is 1.50. The van der Waals surface area contributed by atoms with Gasteiger partial charge in [-0.25, -0.2) is 0 Å². The van der Waals surface area contributed by atoms with Crippen molar-refractivity contribution in [2.75, 3.05) is 0 Å². The fourth-order valence-corrected chi connectivity index (χ4v) is 3.46. The van der Waals surface area contributed by atoms with Gasteiger partial charge in [0, 0.05) is 0 Å². The Morgan fingerprint density at radius 1 is 1.20 bits per heavy atom. The SMILES string of the molecule is CC1C(C)C2(C)C(C)CC12. The lowest BCUT2D eigenvalue weighted by Gasteiger charge is -2.70. The molecule has 0 saturated heterocycles. The molecule has 2 rings (SSSR count). The molecule has 0 radical (unpaired) electrons. The van der Waals surface area contributed by atoms with Gasteiger partial charge < -0.3 is 0 Å². The molecule has 0 amide bonds. The van der Waals surface area contributed by atoms with Gasteiger partial charge in [-0.05, 0) is 35.5 Å². The number of hydrogen-bond acceptors (Lipinski definition) is 0. The van der Waals surface area contributed by atoms with E-state index in [-0.39, 0.29) is 0 Å². The number of hydrogen-bond donors (Lipinski definition) is 0. The average Bonchev–Trinajstić information content (AvgIpc) is 1.96. The summed E-state index contributed by atoms with van der Waals surface area (Å²) >= 11 is 0. The summed E-state index contributed by atoms with van der Waals surface area (Å²) in [5.74, 6) is 4.09. The van der Waals surface area contributed by atoms with Crippen molar-refractivity contribution in [3.8, 4) is 0 Å². The summed E-state index contributed by atoms with van der Waals surface area (Å²) < 4.78 is 0. The first kappa shape index (κ1) is 6.69. The van der Waals surface area contributed by atoms with E-state index in [1.165, 1.54) is 6.42 Å². The van der Waals surface area contributed by atoms with Crippen molar-refractivity contribution in [3.63, 3.8) is 0 Å². The Morgan fingerprint density at radius 3 is 2.10 bits per heavy atom. The Kier molecular flexibility index (Phi) is 1.07. The average molecular weight is 138 g/mol. The minimum Gasteiger partial charge on any atom is -0.0620 e. The topological polar surface area (TPSA) is 0 Å². The minimum atomic E-state index is 0.749. The van der Waals surface area contributed by atoms with Crippen LogP contribution in [-0.4, -0.2) is 0 Å². The molecule has 10 heavy (non-hydrogen) atoms. The lowest BCUT2D eigenvalue weighted by molar-refractivity contribution is -0.217. The third-order valence-corrected chi connectivity index (χ3v) is 4.87. The van der Waals surface area contributed by atoms with Gasteiger partial charge in [0.15, 0.2) is 0 Å². The van der Waals surface area contributed by atoms with Crippen LogP contribution < -0.4 is 0 Å². The quantitative estimate of drug-likeness (QED) is 0.483. The van der Waals surface area contributed by atoms with Gasteiger partial charge >= 0.3 is 0 Å². The van der Waals surface area contributed by atoms with Crippen LogP contribution in [0.5, 0.6) is 0 Å². The molecular formula is C10H18. The summed E-state index contributed by atoms with van der Waals surface area (Å²) in [4.78, 5) is 0. The van der Waals surface area contributed by atoms with E-state index in [1.54, 1.807) is 0 Å². The summed E-state index contributed by atoms with van der Waals surface area (Å²) in [7, 11) is 0. The van der Waals surface area contributed by atoms with Gasteiger partial charge in [-0.2, -0.15) is 0 Å². The van der Waals surface area contributed by atoms with Crippen LogP contribution in [-0.2, 0) is 0 Å². The van der Waals surface area contributed by atoms with Gasteiger partial charge in [0.2, 0.25) is 0 Å². The lowest BCUT2D eigenvalue weighted by Crippen LogP contribution is -2.64. The van der Waals surface area contributed by atoms with Crippen molar-refractivity contribution >= 4 is 0 Å². The normalized spacial score (nSPS) is 66.0. The van der Waals surface area contributed by atoms with E-state index in [9.17, 15) is 0 Å². The molecule has 0 aromatic rings. The largest absolute Gasteiger partial charge is 0.0620 e. The zero-order valence-corrected chi connectivity index (χ0v) is 7.52. The van der Waals surface area contributed by atoms with Crippen molar-refractivity contribution in [3.05, 3.63) is 0 Å². The second-order valence-corrected chi connectivity index (χ2v) is 4.76. The van der Waals surface area contributed by atoms with E-state index in [1.807, 2.05) is 0 Å². The Labute approximate surface area is 64.0 Å². The maximum absolute atomic E-state index is 2.48. The molecule has 0 aliphatic heterocycles. The van der Waals surface area contributed by atoms with Gasteiger partial charge in [0.25, 0.3) is 0 Å². The lowest BCUT2D eigenvalue weighted by atomic mass is 9.35. The van der Waals surface area contributed by atoms with Crippen LogP contribution in [0.3, 0.4) is 0 Å². The molecule has 0 spiro atoms. The van der Waals surface area contributed by atoms with Crippen molar-refractivity contribution in [1.82, 2.24) is 0 Å². The zero-order valence-electron chi connectivity index (χ0n) is 7.52. The molecule has 5 unspecified atom stereocenters. The molecule has 0 aromatic heterocycles. The Morgan fingerprint density at radius 2 is 1.80 bits per heavy atom. The van der Waals surface area contributed by atoms with E-state index in [2.05, 4.69) is 27.7 Å². The zero-order chi connectivity index (χ0) is 7.52. The first-order chi connectivity index (χ1) is 4.58. The molecule has 2 aliphatic rings. The predicted octanol–water partition coefficient (Wildman–Crippen LogP) is 2.93. The van der Waals surface area contributed by atoms with Crippen LogP contribution in [0.15, 0.2) is 0 Å². The van der Waals surface area contributed by atoms with E-state index in [0.29, 0.717) is 0 Å². The van der Waals surface area contributed by atoms with Gasteiger partial charge in [0.05, 0.1) is 0 Å². The van der Waals surface area contributed by atoms with Gasteiger partial charge in [0.1, 0.15) is 0 Å². The first-order valence-corrected chi connectivity index (χ1v) is 4.58. The maximum Gasteiger partial charge on any atom is -0.0241 e. The van der Waals surface area contributed by atoms with Crippen LogP contribution in [0.25, 0.3) is 0 Å². The van der Waals surface area contributed by atoms with E-state index in [4.69, 9.17) is 0 Å². The van der Waals surface area contributed by atoms with Crippen LogP contribution in [0.4, 0.5) is 0 Å². The molecule has 2 fully saturated rings. The van der Waals surface area contributed by atoms with Gasteiger partial charge in [-0.1, -0.05) is 27.7 Å². The van der Waals surface area contributed by atoms with Crippen molar-refractivity contribution < 1.29 is 0 Å². The van der Waals surface area contributed by atoms with E-state index in [0.717, 1.165) is 29.1 Å². The van der Waals surface area contributed by atoms with Crippen LogP contribution in [0, 0.1) is 29.1 Å². The Balaban J connectivity index is 2.16. The molecule has 0 heteroatoms. The Bertz CT molecular complexity index is 153. The predicted molar refractivity (Wildman–Crippen MR) is 43.7 cm³/mol. The van der Waals surface area contributed by atoms with Gasteiger partial charge in [-0.3, -0.25) is 0 Å². The third-order valence-electron chi connectivity index (χ3n) is 4.87. The van der Waals surface area contributed by atoms with Crippen LogP contribution in [0.2, 0.25) is 0 Å². The molecular weight excluding hydrogens is 120 g/mol. The monoisotopic (exact) mass is 138 g/mol. The highest BCUT2D eigenvalue weighted by Crippen LogP contribution is 2.69. The van der Waals surface area contributed by atoms with E-state index < -0.39 is 0 Å². The Hall–Kier alpha value is 0. The second-order valence-electron chi connectivity index (χ2n) is 4.76. The third kappa shape index (κ3) is 0.436. The highest BCUT2D eigenvalue weighted by molar-refractivity contribution is 5.11. The first-order valence-electron chi connectivity index (χ1n) is 4.58. The maximum atomic E-state index is 2.48. The summed E-state index contributed by atoms with van der Waals surface area (Å²) in [6.45, 7) is 9.75. The summed E-state index contributed by atoms with van der Waals surface area (Å²) in [5, 5.41) is 0. The molecule has 2 aliphatic carbocycles. The fourth-order valence-electron chi connectivity index (χ4n) is 3.46. The molecule has 0 nitrogen and oxygen atoms in total. The summed E-state index contributed by atoms with van der Waals surface area (Å²) in [5.41, 5.74) is 0.749. The highest BCUT2D eigenvalue weighted by Gasteiger charge is 2.63. The standard InChI is InChI=1S/C10H18/c1-6-5-9-7(2)8(3)10(6,9)4/h6-9H,5H2,1-4H3. The van der Waals surface area contributed by atoms with E-state index >= 15 is 0 Å². The minimum absolute atomic E-state index is 0.749. The van der Waals surface area contributed by atoms with Crippen molar-refractivity contribution in [2.45, 2.75) is 34.1 Å². The fraction of sp³-hybridized carbons (Fsp3) is 1.00. The summed E-state index contributed by atoms with van der Waals surface area (Å²) in [6, 6.07) is 0. The highest BCUT2D eigenvalue weighted by atomic mass is 14.7.